The van der Waals surface area contributed by atoms with Gasteiger partial charge in [0.25, 0.3) is 0 Å². The highest BCUT2D eigenvalue weighted by molar-refractivity contribution is 5.27. The summed E-state index contributed by atoms with van der Waals surface area (Å²) in [5, 5.41) is 0. The molecule has 0 amide bonds. The number of hydrogen-bond acceptors (Lipinski definition) is 2. The molecule has 0 aromatic carbocycles. The number of nitrogens with zero attached hydrogens (tertiary/aromatic N) is 1. The third-order valence-electron chi connectivity index (χ3n) is 10.6. The zero-order valence-corrected chi connectivity index (χ0v) is 28.6. The molecule has 4 unspecified atom stereocenters. The molecule has 0 spiro atoms. The lowest BCUT2D eigenvalue weighted by atomic mass is 9.78. The Labute approximate surface area is 262 Å². The Morgan fingerprint density at radius 1 is 0.595 bits per heavy atom. The van der Waals surface area contributed by atoms with Crippen LogP contribution in [0.4, 0.5) is 0 Å². The summed E-state index contributed by atoms with van der Waals surface area (Å²) in [6.45, 7) is 11.3. The Morgan fingerprint density at radius 2 is 1.07 bits per heavy atom. The largest absolute Gasteiger partial charge is 0.377 e. The number of hydrogen-bond donors (Lipinski definition) is 0. The van der Waals surface area contributed by atoms with Gasteiger partial charge in [-0.3, -0.25) is 4.98 Å². The molecule has 0 radical (unpaired) electrons. The van der Waals surface area contributed by atoms with Crippen LogP contribution in [0, 0.1) is 11.8 Å². The van der Waals surface area contributed by atoms with Gasteiger partial charge in [-0.2, -0.15) is 0 Å². The molecule has 2 nitrogen and oxygen atoms in total. The maximum Gasteiger partial charge on any atom is 0.0682 e. The lowest BCUT2D eigenvalue weighted by molar-refractivity contribution is 0.130. The lowest BCUT2D eigenvalue weighted by Crippen LogP contribution is -2.22. The molecule has 1 aliphatic heterocycles. The van der Waals surface area contributed by atoms with E-state index in [1.165, 1.54) is 153 Å². The average molecular weight is 580 g/mol. The molecule has 0 N–H and O–H groups in total. The minimum Gasteiger partial charge on any atom is -0.377 e. The molecule has 4 rings (SSSR count). The van der Waals surface area contributed by atoms with Crippen molar-refractivity contribution in [1.29, 1.82) is 0 Å². The van der Waals surface area contributed by atoms with E-state index in [9.17, 15) is 0 Å². The second-order valence-electron chi connectivity index (χ2n) is 14.0. The van der Waals surface area contributed by atoms with Gasteiger partial charge < -0.3 is 4.74 Å². The van der Waals surface area contributed by atoms with Gasteiger partial charge in [-0.1, -0.05) is 129 Å². The maximum absolute atomic E-state index is 5.88. The van der Waals surface area contributed by atoms with Crippen LogP contribution in [0.5, 0.6) is 0 Å². The first-order valence-corrected chi connectivity index (χ1v) is 19.0. The molecule has 0 saturated carbocycles. The van der Waals surface area contributed by atoms with E-state index in [1.54, 1.807) is 11.1 Å². The minimum atomic E-state index is 0.698. The molecule has 0 bridgehead atoms. The second kappa shape index (κ2) is 21.5. The summed E-state index contributed by atoms with van der Waals surface area (Å²) in [7, 11) is 0. The van der Waals surface area contributed by atoms with Gasteiger partial charge in [-0.15, -0.1) is 0 Å². The van der Waals surface area contributed by atoms with Gasteiger partial charge >= 0.3 is 0 Å². The van der Waals surface area contributed by atoms with Crippen molar-refractivity contribution < 1.29 is 4.74 Å². The van der Waals surface area contributed by atoms with Gasteiger partial charge in [-0.05, 0) is 92.7 Å². The Hall–Kier alpha value is -1.15. The standard InChI is InChI=1S/C20H33N.C20H36O/c1-3-11-17-13-8-6-5-7-9-14-18(12-4-2)20-19(17)15-10-16-21-20;1-3-10-17-12-8-6-5-7-9-13-18(11-4-2)20-16-21-15-14-19(17)20/h10,15-18H,3-9,11-14H2,1-2H3;17-18H,3-16H2,1-2H3. The number of fused-ring (bicyclic) bond motifs is 1. The third kappa shape index (κ3) is 11.7. The molecule has 1 aromatic heterocycles. The average Bonchev–Trinajstić information content (AvgIpc) is 3.08. The Morgan fingerprint density at radius 3 is 1.67 bits per heavy atom. The Kier molecular flexibility index (Phi) is 18.1. The van der Waals surface area contributed by atoms with Crippen molar-refractivity contribution in [3.63, 3.8) is 0 Å². The predicted molar refractivity (Wildman–Crippen MR) is 183 cm³/mol. The van der Waals surface area contributed by atoms with Crippen LogP contribution in [0.1, 0.15) is 198 Å². The highest BCUT2D eigenvalue weighted by atomic mass is 16.5. The topological polar surface area (TPSA) is 22.1 Å². The summed E-state index contributed by atoms with van der Waals surface area (Å²) < 4.78 is 5.88. The summed E-state index contributed by atoms with van der Waals surface area (Å²) >= 11 is 0. The van der Waals surface area contributed by atoms with Gasteiger partial charge in [0.05, 0.1) is 13.2 Å². The van der Waals surface area contributed by atoms with Crippen molar-refractivity contribution in [1.82, 2.24) is 4.98 Å². The van der Waals surface area contributed by atoms with Crippen molar-refractivity contribution >= 4 is 0 Å². The number of rotatable bonds is 8. The van der Waals surface area contributed by atoms with Crippen LogP contribution in [-0.4, -0.2) is 18.2 Å². The van der Waals surface area contributed by atoms with E-state index in [0.29, 0.717) is 5.92 Å². The quantitative estimate of drug-likeness (QED) is 0.286. The molecule has 1 aromatic rings. The highest BCUT2D eigenvalue weighted by Crippen LogP contribution is 2.39. The van der Waals surface area contributed by atoms with Crippen LogP contribution in [0.2, 0.25) is 0 Å². The molecule has 3 aliphatic rings. The molecule has 2 aliphatic carbocycles. The first-order valence-electron chi connectivity index (χ1n) is 19.0. The van der Waals surface area contributed by atoms with Gasteiger partial charge in [0.1, 0.15) is 0 Å². The van der Waals surface area contributed by atoms with E-state index in [0.717, 1.165) is 31.0 Å². The zero-order chi connectivity index (χ0) is 29.8. The summed E-state index contributed by atoms with van der Waals surface area (Å²) in [5.41, 5.74) is 6.60. The fourth-order valence-electron chi connectivity index (χ4n) is 8.46. The third-order valence-corrected chi connectivity index (χ3v) is 10.6. The fraction of sp³-hybridized carbons (Fsp3) is 0.825. The summed E-state index contributed by atoms with van der Waals surface area (Å²) in [5.74, 6) is 3.13. The number of ether oxygens (including phenoxy) is 1. The van der Waals surface area contributed by atoms with E-state index in [-0.39, 0.29) is 0 Å². The van der Waals surface area contributed by atoms with Crippen LogP contribution >= 0.6 is 0 Å². The van der Waals surface area contributed by atoms with Crippen LogP contribution in [-0.2, 0) is 4.74 Å². The van der Waals surface area contributed by atoms with Gasteiger partial charge in [0.15, 0.2) is 0 Å². The van der Waals surface area contributed by atoms with Gasteiger partial charge in [0, 0.05) is 17.8 Å². The Bertz CT molecular complexity index is 792. The van der Waals surface area contributed by atoms with Crippen molar-refractivity contribution in [3.8, 4) is 0 Å². The molecule has 240 valence electrons. The summed E-state index contributed by atoms with van der Waals surface area (Å²) in [6.07, 6.45) is 33.7. The van der Waals surface area contributed by atoms with E-state index in [1.807, 2.05) is 11.8 Å². The van der Waals surface area contributed by atoms with E-state index in [4.69, 9.17) is 9.72 Å². The number of aromatic nitrogens is 1. The summed E-state index contributed by atoms with van der Waals surface area (Å²) in [4.78, 5) is 4.86. The molecule has 2 heteroatoms. The van der Waals surface area contributed by atoms with Gasteiger partial charge in [0.2, 0.25) is 0 Å². The van der Waals surface area contributed by atoms with Crippen molar-refractivity contribution in [2.75, 3.05) is 13.2 Å². The van der Waals surface area contributed by atoms with Crippen molar-refractivity contribution in [2.24, 2.45) is 11.8 Å². The normalized spacial score (nSPS) is 26.5. The van der Waals surface area contributed by atoms with E-state index < -0.39 is 0 Å². The lowest BCUT2D eigenvalue weighted by Gasteiger charge is -2.32. The SMILES string of the molecule is CCCC1CCCCCCCC(CCC)C2=C1CCOC2.CCCC1CCCCCCCC(CCC)c2ncccc21. The molecule has 0 saturated heterocycles. The van der Waals surface area contributed by atoms with E-state index in [2.05, 4.69) is 39.8 Å². The zero-order valence-electron chi connectivity index (χ0n) is 28.6. The molecular formula is C40H69NO. The minimum absolute atomic E-state index is 0.698. The smallest absolute Gasteiger partial charge is 0.0682 e. The van der Waals surface area contributed by atoms with Crippen molar-refractivity contribution in [3.05, 3.63) is 40.7 Å². The molecule has 4 atom stereocenters. The molecule has 42 heavy (non-hydrogen) atoms. The molecule has 2 heterocycles. The van der Waals surface area contributed by atoms with Crippen LogP contribution in [0.25, 0.3) is 0 Å². The summed E-state index contributed by atoms with van der Waals surface area (Å²) in [6, 6.07) is 4.54. The van der Waals surface area contributed by atoms with Gasteiger partial charge in [-0.25, -0.2) is 0 Å². The molecular weight excluding hydrogens is 510 g/mol. The monoisotopic (exact) mass is 580 g/mol. The first kappa shape index (κ1) is 35.3. The second-order valence-corrected chi connectivity index (χ2v) is 14.0. The van der Waals surface area contributed by atoms with E-state index >= 15 is 0 Å². The van der Waals surface area contributed by atoms with Crippen LogP contribution in [0.3, 0.4) is 0 Å². The van der Waals surface area contributed by atoms with Crippen molar-refractivity contribution in [2.45, 2.75) is 187 Å². The van der Waals surface area contributed by atoms with Crippen LogP contribution in [0.15, 0.2) is 29.5 Å². The Balaban J connectivity index is 0.000000230. The fourth-order valence-corrected chi connectivity index (χ4v) is 8.46. The maximum atomic E-state index is 5.88. The predicted octanol–water partition coefficient (Wildman–Crippen LogP) is 12.9. The number of pyridine rings is 1. The molecule has 0 fully saturated rings. The van der Waals surface area contributed by atoms with Crippen LogP contribution < -0.4 is 0 Å². The first-order chi connectivity index (χ1) is 20.7. The highest BCUT2D eigenvalue weighted by Gasteiger charge is 2.26.